The Labute approximate surface area is 52.6 Å². The molecule has 0 spiro atoms. The Bertz CT molecular complexity index is 193. The van der Waals surface area contributed by atoms with Crippen molar-refractivity contribution in [3.05, 3.63) is 18.0 Å². The lowest BCUT2D eigenvalue weighted by Crippen LogP contribution is -1.91. The minimum absolute atomic E-state index is 0.729. The summed E-state index contributed by atoms with van der Waals surface area (Å²) in [7, 11) is 0. The highest BCUT2D eigenvalue weighted by Gasteiger charge is 1.83. The van der Waals surface area contributed by atoms with E-state index in [0.29, 0.717) is 0 Å². The zero-order valence-electron chi connectivity index (χ0n) is 5.02. The number of rotatable bonds is 1. The van der Waals surface area contributed by atoms with Gasteiger partial charge in [0.05, 0.1) is 6.20 Å². The largest absolute Gasteiger partial charge is 0.135 e. The first-order chi connectivity index (χ1) is 4.43. The summed E-state index contributed by atoms with van der Waals surface area (Å²) >= 11 is 0. The monoisotopic (exact) mass is 122 g/mol. The number of hydrogen-bond donors (Lipinski definition) is 0. The highest BCUT2D eigenvalue weighted by atomic mass is 15.4. The van der Waals surface area contributed by atoms with Crippen LogP contribution in [0.1, 0.15) is 12.6 Å². The van der Waals surface area contributed by atoms with Crippen LogP contribution >= 0.6 is 0 Å². The topological polar surface area (TPSA) is 51.6 Å². The lowest BCUT2D eigenvalue weighted by molar-refractivity contribution is 0.755. The Kier molecular flexibility index (Phi) is 1.85. The van der Waals surface area contributed by atoms with Crippen LogP contribution in [0.5, 0.6) is 0 Å². The van der Waals surface area contributed by atoms with Crippen LogP contribution in [0.15, 0.2) is 12.3 Å². The maximum Gasteiger partial charge on any atom is 0.107 e. The number of aromatic nitrogens is 4. The van der Waals surface area contributed by atoms with Crippen LogP contribution in [0.2, 0.25) is 0 Å². The second kappa shape index (κ2) is 2.86. The fourth-order valence-electron chi connectivity index (χ4n) is 0.453. The predicted molar refractivity (Wildman–Crippen MR) is 32.3 cm³/mol. The summed E-state index contributed by atoms with van der Waals surface area (Å²) in [4.78, 5) is 0. The average Bonchev–Trinajstić information content (AvgIpc) is 1.91. The van der Waals surface area contributed by atoms with Crippen LogP contribution < -0.4 is 0 Å². The average molecular weight is 122 g/mol. The third-order valence-corrected chi connectivity index (χ3v) is 0.779. The summed E-state index contributed by atoms with van der Waals surface area (Å²) < 4.78 is 0. The van der Waals surface area contributed by atoms with Crippen LogP contribution in [0.25, 0.3) is 6.08 Å². The highest BCUT2D eigenvalue weighted by Crippen LogP contribution is 1.88. The Morgan fingerprint density at radius 3 is 2.89 bits per heavy atom. The lowest BCUT2D eigenvalue weighted by atomic mass is 10.4. The first-order valence-corrected chi connectivity index (χ1v) is 2.57. The number of nitrogens with zero attached hydrogens (tertiary/aromatic N) is 4. The van der Waals surface area contributed by atoms with Gasteiger partial charge >= 0.3 is 0 Å². The smallest absolute Gasteiger partial charge is 0.107 e. The molecule has 0 aliphatic carbocycles. The summed E-state index contributed by atoms with van der Waals surface area (Å²) in [6.07, 6.45) is 5.22. The van der Waals surface area contributed by atoms with E-state index in [2.05, 4.69) is 20.6 Å². The van der Waals surface area contributed by atoms with Gasteiger partial charge in [0.2, 0.25) is 0 Å². The van der Waals surface area contributed by atoms with E-state index in [4.69, 9.17) is 0 Å². The van der Waals surface area contributed by atoms with E-state index in [0.717, 1.165) is 5.69 Å². The van der Waals surface area contributed by atoms with Gasteiger partial charge in [0.15, 0.2) is 0 Å². The van der Waals surface area contributed by atoms with Gasteiger partial charge < -0.3 is 0 Å². The molecule has 0 aliphatic rings. The molecule has 0 unspecified atom stereocenters. The normalized spacial score (nSPS) is 10.3. The van der Waals surface area contributed by atoms with E-state index in [1.165, 1.54) is 0 Å². The van der Waals surface area contributed by atoms with E-state index in [9.17, 15) is 0 Å². The Morgan fingerprint density at radius 2 is 2.33 bits per heavy atom. The van der Waals surface area contributed by atoms with Gasteiger partial charge in [-0.3, -0.25) is 0 Å². The van der Waals surface area contributed by atoms with E-state index in [-0.39, 0.29) is 0 Å². The molecule has 0 aliphatic heterocycles. The van der Waals surface area contributed by atoms with Crippen LogP contribution in [0, 0.1) is 0 Å². The van der Waals surface area contributed by atoms with E-state index in [1.807, 2.05) is 19.1 Å². The van der Waals surface area contributed by atoms with Gasteiger partial charge in [-0.25, -0.2) is 0 Å². The molecule has 0 amide bonds. The zero-order valence-corrected chi connectivity index (χ0v) is 5.02. The Hall–Kier alpha value is -1.32. The fraction of sp³-hybridized carbons (Fsp3) is 0.200. The summed E-state index contributed by atoms with van der Waals surface area (Å²) in [5, 5.41) is 13.8. The molecule has 1 rings (SSSR count). The maximum atomic E-state index is 3.66. The third-order valence-electron chi connectivity index (χ3n) is 0.779. The molecule has 1 aromatic heterocycles. The molecule has 0 fully saturated rings. The highest BCUT2D eigenvalue weighted by molar-refractivity contribution is 5.40. The Morgan fingerprint density at radius 1 is 1.44 bits per heavy atom. The first-order valence-electron chi connectivity index (χ1n) is 2.57. The van der Waals surface area contributed by atoms with Crippen molar-refractivity contribution in [2.45, 2.75) is 6.92 Å². The third kappa shape index (κ3) is 1.56. The van der Waals surface area contributed by atoms with Crippen molar-refractivity contribution in [2.75, 3.05) is 0 Å². The molecule has 0 aromatic carbocycles. The molecule has 0 radical (unpaired) electrons. The minimum Gasteiger partial charge on any atom is -0.135 e. The summed E-state index contributed by atoms with van der Waals surface area (Å²) in [6, 6.07) is 0. The Balaban J connectivity index is 2.85. The predicted octanol–water partition coefficient (Wildman–Crippen LogP) is 0.300. The van der Waals surface area contributed by atoms with Gasteiger partial charge in [0, 0.05) is 0 Å². The van der Waals surface area contributed by atoms with Crippen molar-refractivity contribution >= 4 is 6.08 Å². The number of hydrogen-bond acceptors (Lipinski definition) is 4. The quantitative estimate of drug-likeness (QED) is 0.537. The first kappa shape index (κ1) is 5.81. The minimum atomic E-state index is 0.729. The molecule has 4 nitrogen and oxygen atoms in total. The maximum absolute atomic E-state index is 3.66. The van der Waals surface area contributed by atoms with E-state index >= 15 is 0 Å². The van der Waals surface area contributed by atoms with Crippen LogP contribution in [-0.4, -0.2) is 20.6 Å². The molecule has 4 heteroatoms. The van der Waals surface area contributed by atoms with Crippen molar-refractivity contribution in [1.82, 2.24) is 20.6 Å². The van der Waals surface area contributed by atoms with Crippen molar-refractivity contribution < 1.29 is 0 Å². The zero-order chi connectivity index (χ0) is 6.53. The molecular weight excluding hydrogens is 116 g/mol. The van der Waals surface area contributed by atoms with E-state index < -0.39 is 0 Å². The second-order valence-electron chi connectivity index (χ2n) is 1.45. The van der Waals surface area contributed by atoms with E-state index in [1.54, 1.807) is 6.20 Å². The van der Waals surface area contributed by atoms with Gasteiger partial charge in [0.25, 0.3) is 0 Å². The van der Waals surface area contributed by atoms with Gasteiger partial charge in [-0.15, -0.1) is 10.2 Å². The lowest BCUT2D eigenvalue weighted by Gasteiger charge is -1.82. The molecular formula is C5H6N4. The van der Waals surface area contributed by atoms with Crippen molar-refractivity contribution in [3.63, 3.8) is 0 Å². The molecule has 9 heavy (non-hydrogen) atoms. The molecule has 0 saturated carbocycles. The van der Waals surface area contributed by atoms with Gasteiger partial charge in [0.1, 0.15) is 5.69 Å². The second-order valence-corrected chi connectivity index (χ2v) is 1.45. The molecule has 46 valence electrons. The van der Waals surface area contributed by atoms with Crippen molar-refractivity contribution in [3.8, 4) is 0 Å². The summed E-state index contributed by atoms with van der Waals surface area (Å²) in [6.45, 7) is 1.90. The molecule has 0 saturated heterocycles. The van der Waals surface area contributed by atoms with Crippen molar-refractivity contribution in [1.29, 1.82) is 0 Å². The fourth-order valence-corrected chi connectivity index (χ4v) is 0.453. The van der Waals surface area contributed by atoms with Crippen molar-refractivity contribution in [2.24, 2.45) is 0 Å². The van der Waals surface area contributed by atoms with Crippen LogP contribution in [0.4, 0.5) is 0 Å². The van der Waals surface area contributed by atoms with Crippen LogP contribution in [-0.2, 0) is 0 Å². The van der Waals surface area contributed by atoms with Gasteiger partial charge in [-0.2, -0.15) is 0 Å². The van der Waals surface area contributed by atoms with Crippen LogP contribution in [0.3, 0.4) is 0 Å². The SMILES string of the molecule is CC=Cc1cnnnn1. The molecule has 0 N–H and O–H groups in total. The summed E-state index contributed by atoms with van der Waals surface area (Å²) in [5.41, 5.74) is 0.729. The van der Waals surface area contributed by atoms with Gasteiger partial charge in [-0.1, -0.05) is 6.08 Å². The molecule has 0 atom stereocenters. The molecule has 1 heterocycles. The van der Waals surface area contributed by atoms with Gasteiger partial charge in [-0.05, 0) is 23.4 Å². The summed E-state index contributed by atoms with van der Waals surface area (Å²) in [5.74, 6) is 0. The molecule has 1 aromatic rings. The standard InChI is InChI=1S/C5H6N4/c1-2-3-5-4-6-8-9-7-5/h2-4H,1H3. The number of allylic oxidation sites excluding steroid dienone is 1. The molecule has 0 bridgehead atoms.